The molecule has 1 aromatic heterocycles. The van der Waals surface area contributed by atoms with Gasteiger partial charge in [-0.3, -0.25) is 4.79 Å². The van der Waals surface area contributed by atoms with Crippen LogP contribution >= 0.6 is 0 Å². The molecule has 0 fully saturated rings. The predicted molar refractivity (Wildman–Crippen MR) is 60.6 cm³/mol. The summed E-state index contributed by atoms with van der Waals surface area (Å²) in [5.74, 6) is -0.843. The molecule has 3 N–H and O–H groups in total. The van der Waals surface area contributed by atoms with Crippen LogP contribution in [-0.4, -0.2) is 26.5 Å². The second kappa shape index (κ2) is 3.89. The molecule has 2 aromatic rings. The molecule has 2 rings (SSSR count). The van der Waals surface area contributed by atoms with Crippen molar-refractivity contribution in [3.8, 4) is 0 Å². The number of aromatic nitrogens is 2. The van der Waals surface area contributed by atoms with Crippen LogP contribution in [0.2, 0.25) is 0 Å². The van der Waals surface area contributed by atoms with Gasteiger partial charge in [-0.25, -0.2) is 9.78 Å². The molecule has 1 amide bonds. The van der Waals surface area contributed by atoms with Crippen molar-refractivity contribution in [2.45, 2.75) is 13.5 Å². The second-order valence-corrected chi connectivity index (χ2v) is 3.72. The fraction of sp³-hybridized carbons (Fsp3) is 0.182. The first kappa shape index (κ1) is 11.1. The molecule has 0 aliphatic carbocycles. The summed E-state index contributed by atoms with van der Waals surface area (Å²) in [5.41, 5.74) is 6.55. The number of carboxylic acids is 1. The lowest BCUT2D eigenvalue weighted by Crippen LogP contribution is -2.19. The Morgan fingerprint density at radius 2 is 2.18 bits per heavy atom. The Morgan fingerprint density at radius 3 is 2.76 bits per heavy atom. The first-order valence-electron chi connectivity index (χ1n) is 4.97. The third-order valence-corrected chi connectivity index (χ3v) is 2.50. The van der Waals surface area contributed by atoms with E-state index in [-0.39, 0.29) is 12.1 Å². The fourth-order valence-electron chi connectivity index (χ4n) is 1.74. The Hall–Kier alpha value is -2.37. The number of imidazole rings is 1. The van der Waals surface area contributed by atoms with Crippen molar-refractivity contribution in [1.82, 2.24) is 9.55 Å². The molecule has 0 spiro atoms. The van der Waals surface area contributed by atoms with Crippen LogP contribution in [0.15, 0.2) is 18.2 Å². The smallest absolute Gasteiger partial charge is 0.335 e. The van der Waals surface area contributed by atoms with Gasteiger partial charge in [0.15, 0.2) is 0 Å². The molecule has 0 bridgehead atoms. The molecule has 1 aromatic carbocycles. The van der Waals surface area contributed by atoms with Gasteiger partial charge in [-0.2, -0.15) is 0 Å². The van der Waals surface area contributed by atoms with Crippen LogP contribution in [0, 0.1) is 6.92 Å². The monoisotopic (exact) mass is 233 g/mol. The molecule has 17 heavy (non-hydrogen) atoms. The maximum atomic E-state index is 10.9. The molecular weight excluding hydrogens is 222 g/mol. The van der Waals surface area contributed by atoms with Crippen molar-refractivity contribution < 1.29 is 14.7 Å². The van der Waals surface area contributed by atoms with Gasteiger partial charge in [-0.1, -0.05) is 0 Å². The van der Waals surface area contributed by atoms with E-state index in [1.54, 1.807) is 17.6 Å². The van der Waals surface area contributed by atoms with E-state index in [1.165, 1.54) is 12.1 Å². The Kier molecular flexibility index (Phi) is 2.55. The van der Waals surface area contributed by atoms with Crippen molar-refractivity contribution in [2.75, 3.05) is 0 Å². The van der Waals surface area contributed by atoms with Gasteiger partial charge in [0.1, 0.15) is 12.4 Å². The SMILES string of the molecule is Cc1nc2cc(C(=O)O)ccc2n1CC(N)=O. The van der Waals surface area contributed by atoms with Gasteiger partial charge in [0.2, 0.25) is 5.91 Å². The van der Waals surface area contributed by atoms with E-state index in [9.17, 15) is 9.59 Å². The number of fused-ring (bicyclic) bond motifs is 1. The molecule has 6 heteroatoms. The van der Waals surface area contributed by atoms with Crippen LogP contribution in [0.3, 0.4) is 0 Å². The van der Waals surface area contributed by atoms with E-state index in [0.29, 0.717) is 16.9 Å². The van der Waals surface area contributed by atoms with Crippen molar-refractivity contribution in [2.24, 2.45) is 5.73 Å². The number of primary amides is 1. The van der Waals surface area contributed by atoms with E-state index in [1.807, 2.05) is 0 Å². The first-order chi connectivity index (χ1) is 7.99. The molecular formula is C11H11N3O3. The lowest BCUT2D eigenvalue weighted by Gasteiger charge is -2.03. The summed E-state index contributed by atoms with van der Waals surface area (Å²) in [5, 5.41) is 8.86. The number of carboxylic acid groups (broad SMARTS) is 1. The zero-order valence-electron chi connectivity index (χ0n) is 9.17. The Labute approximate surface area is 96.7 Å². The highest BCUT2D eigenvalue weighted by atomic mass is 16.4. The predicted octanol–water partition coefficient (Wildman–Crippen LogP) is 0.528. The van der Waals surface area contributed by atoms with E-state index < -0.39 is 11.9 Å². The van der Waals surface area contributed by atoms with E-state index >= 15 is 0 Å². The Morgan fingerprint density at radius 1 is 1.47 bits per heavy atom. The van der Waals surface area contributed by atoms with Crippen molar-refractivity contribution in [3.63, 3.8) is 0 Å². The quantitative estimate of drug-likeness (QED) is 0.807. The van der Waals surface area contributed by atoms with Crippen LogP contribution in [-0.2, 0) is 11.3 Å². The van der Waals surface area contributed by atoms with E-state index in [4.69, 9.17) is 10.8 Å². The van der Waals surface area contributed by atoms with Crippen LogP contribution in [0.4, 0.5) is 0 Å². The van der Waals surface area contributed by atoms with Gasteiger partial charge < -0.3 is 15.4 Å². The number of benzene rings is 1. The number of rotatable bonds is 3. The summed E-state index contributed by atoms with van der Waals surface area (Å²) >= 11 is 0. The molecule has 0 radical (unpaired) electrons. The lowest BCUT2D eigenvalue weighted by atomic mass is 10.2. The van der Waals surface area contributed by atoms with Crippen LogP contribution < -0.4 is 5.73 Å². The number of hydrogen-bond acceptors (Lipinski definition) is 3. The maximum Gasteiger partial charge on any atom is 0.335 e. The zero-order valence-corrected chi connectivity index (χ0v) is 9.17. The molecule has 0 saturated heterocycles. The number of amides is 1. The van der Waals surface area contributed by atoms with Crippen molar-refractivity contribution in [3.05, 3.63) is 29.6 Å². The molecule has 1 heterocycles. The molecule has 88 valence electrons. The molecule has 0 unspecified atom stereocenters. The molecule has 0 atom stereocenters. The number of aryl methyl sites for hydroxylation is 1. The summed E-state index contributed by atoms with van der Waals surface area (Å²) in [6.07, 6.45) is 0. The minimum absolute atomic E-state index is 0.0365. The highest BCUT2D eigenvalue weighted by molar-refractivity contribution is 5.92. The van der Waals surface area contributed by atoms with Gasteiger partial charge in [-0.15, -0.1) is 0 Å². The number of nitrogens with two attached hydrogens (primary N) is 1. The minimum Gasteiger partial charge on any atom is -0.478 e. The highest BCUT2D eigenvalue weighted by Crippen LogP contribution is 2.17. The van der Waals surface area contributed by atoms with Gasteiger partial charge in [0.05, 0.1) is 16.6 Å². The topological polar surface area (TPSA) is 98.2 Å². The Bertz CT molecular complexity index is 616. The van der Waals surface area contributed by atoms with Gasteiger partial charge in [0, 0.05) is 0 Å². The van der Waals surface area contributed by atoms with Crippen molar-refractivity contribution >= 4 is 22.9 Å². The van der Waals surface area contributed by atoms with Gasteiger partial charge in [-0.05, 0) is 25.1 Å². The largest absolute Gasteiger partial charge is 0.478 e. The number of aromatic carboxylic acids is 1. The maximum absolute atomic E-state index is 10.9. The van der Waals surface area contributed by atoms with Gasteiger partial charge >= 0.3 is 5.97 Å². The second-order valence-electron chi connectivity index (χ2n) is 3.72. The van der Waals surface area contributed by atoms with Crippen LogP contribution in [0.1, 0.15) is 16.2 Å². The number of hydrogen-bond donors (Lipinski definition) is 2. The average Bonchev–Trinajstić information content (AvgIpc) is 2.54. The lowest BCUT2D eigenvalue weighted by molar-refractivity contribution is -0.118. The zero-order chi connectivity index (χ0) is 12.6. The Balaban J connectivity index is 2.60. The standard InChI is InChI=1S/C11H11N3O3/c1-6-13-8-4-7(11(16)17)2-3-9(8)14(6)5-10(12)15/h2-4H,5H2,1H3,(H2,12,15)(H,16,17). The average molecular weight is 233 g/mol. The summed E-state index contributed by atoms with van der Waals surface area (Å²) < 4.78 is 1.66. The van der Waals surface area contributed by atoms with Crippen molar-refractivity contribution in [1.29, 1.82) is 0 Å². The molecule has 0 saturated carbocycles. The minimum atomic E-state index is -1.01. The summed E-state index contributed by atoms with van der Waals surface area (Å²) in [6.45, 7) is 1.78. The molecule has 0 aliphatic heterocycles. The van der Waals surface area contributed by atoms with E-state index in [2.05, 4.69) is 4.98 Å². The van der Waals surface area contributed by atoms with Crippen LogP contribution in [0.5, 0.6) is 0 Å². The fourth-order valence-corrected chi connectivity index (χ4v) is 1.74. The summed E-state index contributed by atoms with van der Waals surface area (Å²) in [6, 6.07) is 4.58. The van der Waals surface area contributed by atoms with E-state index in [0.717, 1.165) is 0 Å². The summed E-state index contributed by atoms with van der Waals surface area (Å²) in [4.78, 5) is 25.9. The first-order valence-corrected chi connectivity index (χ1v) is 4.97. The van der Waals surface area contributed by atoms with Gasteiger partial charge in [0.25, 0.3) is 0 Å². The molecule has 6 nitrogen and oxygen atoms in total. The highest BCUT2D eigenvalue weighted by Gasteiger charge is 2.11. The normalized spacial score (nSPS) is 10.6. The van der Waals surface area contributed by atoms with Crippen LogP contribution in [0.25, 0.3) is 11.0 Å². The third-order valence-electron chi connectivity index (χ3n) is 2.50. The number of carbonyl (C=O) groups excluding carboxylic acids is 1. The third kappa shape index (κ3) is 1.96. The number of carbonyl (C=O) groups is 2. The summed E-state index contributed by atoms with van der Waals surface area (Å²) in [7, 11) is 0. The number of nitrogens with zero attached hydrogens (tertiary/aromatic N) is 2. The molecule has 0 aliphatic rings.